The van der Waals surface area contributed by atoms with Gasteiger partial charge < -0.3 is 9.64 Å². The first-order valence-electron chi connectivity index (χ1n) is 4.15. The van der Waals surface area contributed by atoms with Crippen LogP contribution in [0.25, 0.3) is 0 Å². The molecule has 2 aliphatic rings. The second-order valence-electron chi connectivity index (χ2n) is 3.42. The molecule has 1 fully saturated rings. The molecule has 2 aliphatic heterocycles. The van der Waals surface area contributed by atoms with Crippen molar-refractivity contribution in [1.29, 1.82) is 0 Å². The van der Waals surface area contributed by atoms with Crippen molar-refractivity contribution in [2.45, 2.75) is 25.5 Å². The van der Waals surface area contributed by atoms with Gasteiger partial charge in [0, 0.05) is 20.0 Å². The fourth-order valence-electron chi connectivity index (χ4n) is 1.81. The number of rotatable bonds is 0. The fourth-order valence-corrected chi connectivity index (χ4v) is 1.81. The minimum absolute atomic E-state index is 0.341. The van der Waals surface area contributed by atoms with Crippen molar-refractivity contribution in [3.8, 4) is 0 Å². The van der Waals surface area contributed by atoms with Crippen molar-refractivity contribution in [3.05, 3.63) is 0 Å². The monoisotopic (exact) mass is 154 g/mol. The Kier molecular flexibility index (Phi) is 1.60. The van der Waals surface area contributed by atoms with Crippen LogP contribution in [0.2, 0.25) is 0 Å². The normalized spacial score (nSPS) is 37.8. The Bertz CT molecular complexity index is 191. The summed E-state index contributed by atoms with van der Waals surface area (Å²) in [5.74, 6) is 0.871. The maximum Gasteiger partial charge on any atom is 0.180 e. The van der Waals surface area contributed by atoms with Crippen LogP contribution < -0.4 is 0 Å². The zero-order valence-corrected chi connectivity index (χ0v) is 7.08. The van der Waals surface area contributed by atoms with Gasteiger partial charge in [-0.2, -0.15) is 0 Å². The minimum Gasteiger partial charge on any atom is -0.474 e. The van der Waals surface area contributed by atoms with Crippen molar-refractivity contribution < 1.29 is 4.74 Å². The third-order valence-corrected chi connectivity index (χ3v) is 2.40. The second-order valence-corrected chi connectivity index (χ2v) is 3.42. The Hall–Kier alpha value is -0.570. The summed E-state index contributed by atoms with van der Waals surface area (Å²) in [5, 5.41) is 0. The first-order valence-corrected chi connectivity index (χ1v) is 4.15. The molecule has 2 heterocycles. The van der Waals surface area contributed by atoms with Crippen molar-refractivity contribution >= 4 is 5.90 Å². The van der Waals surface area contributed by atoms with Crippen LogP contribution in [0.4, 0.5) is 0 Å². The topological polar surface area (TPSA) is 24.8 Å². The standard InChI is InChI=1S/C8H14N2O/c1-6-9-7-3-4-10(2)5-8(7)11-6/h7-8H,3-5H2,1-2H3. The molecule has 0 saturated carbocycles. The number of aliphatic imine (C=N–C) groups is 1. The van der Waals surface area contributed by atoms with Gasteiger partial charge in [0.2, 0.25) is 0 Å². The molecule has 2 rings (SSSR count). The summed E-state index contributed by atoms with van der Waals surface area (Å²) in [5.41, 5.74) is 0. The van der Waals surface area contributed by atoms with Crippen LogP contribution in [0.1, 0.15) is 13.3 Å². The number of ether oxygens (including phenoxy) is 1. The Morgan fingerprint density at radius 1 is 1.64 bits per heavy atom. The number of fused-ring (bicyclic) bond motifs is 1. The summed E-state index contributed by atoms with van der Waals surface area (Å²) in [6.07, 6.45) is 1.49. The van der Waals surface area contributed by atoms with Gasteiger partial charge in [-0.05, 0) is 13.5 Å². The summed E-state index contributed by atoms with van der Waals surface area (Å²) >= 11 is 0. The first-order chi connectivity index (χ1) is 5.25. The lowest BCUT2D eigenvalue weighted by molar-refractivity contribution is 0.100. The molecule has 3 heteroatoms. The molecule has 0 aliphatic carbocycles. The third kappa shape index (κ3) is 1.25. The number of nitrogens with zero attached hydrogens (tertiary/aromatic N) is 2. The highest BCUT2D eigenvalue weighted by Crippen LogP contribution is 2.21. The molecule has 0 N–H and O–H groups in total. The van der Waals surface area contributed by atoms with E-state index in [0.717, 1.165) is 25.4 Å². The van der Waals surface area contributed by atoms with E-state index in [0.29, 0.717) is 12.1 Å². The largest absolute Gasteiger partial charge is 0.474 e. The van der Waals surface area contributed by atoms with E-state index in [4.69, 9.17) is 4.74 Å². The van der Waals surface area contributed by atoms with Crippen molar-refractivity contribution in [2.24, 2.45) is 4.99 Å². The lowest BCUT2D eigenvalue weighted by atomic mass is 10.0. The summed E-state index contributed by atoms with van der Waals surface area (Å²) in [6, 6.07) is 0.450. The Labute approximate surface area is 67.1 Å². The Morgan fingerprint density at radius 3 is 3.27 bits per heavy atom. The van der Waals surface area contributed by atoms with E-state index >= 15 is 0 Å². The quantitative estimate of drug-likeness (QED) is 0.508. The molecule has 2 unspecified atom stereocenters. The van der Waals surface area contributed by atoms with Crippen LogP contribution in [-0.4, -0.2) is 43.1 Å². The maximum absolute atomic E-state index is 5.54. The van der Waals surface area contributed by atoms with Gasteiger partial charge in [0.15, 0.2) is 5.90 Å². The summed E-state index contributed by atoms with van der Waals surface area (Å²) in [6.45, 7) is 4.13. The van der Waals surface area contributed by atoms with E-state index in [-0.39, 0.29) is 0 Å². The molecule has 3 nitrogen and oxygen atoms in total. The van der Waals surface area contributed by atoms with Crippen molar-refractivity contribution in [3.63, 3.8) is 0 Å². The van der Waals surface area contributed by atoms with Crippen LogP contribution in [-0.2, 0) is 4.74 Å². The molecule has 0 aromatic heterocycles. The first kappa shape index (κ1) is 7.10. The van der Waals surface area contributed by atoms with Crippen LogP contribution in [0.3, 0.4) is 0 Å². The minimum atomic E-state index is 0.341. The van der Waals surface area contributed by atoms with E-state index in [1.807, 2.05) is 6.92 Å². The molecule has 0 amide bonds. The van der Waals surface area contributed by atoms with Gasteiger partial charge in [-0.3, -0.25) is 0 Å². The molecular formula is C8H14N2O. The van der Waals surface area contributed by atoms with Crippen molar-refractivity contribution in [1.82, 2.24) is 4.90 Å². The highest BCUT2D eigenvalue weighted by molar-refractivity contribution is 5.75. The van der Waals surface area contributed by atoms with Gasteiger partial charge in [0.25, 0.3) is 0 Å². The predicted octanol–water partition coefficient (Wildman–Crippen LogP) is 0.508. The van der Waals surface area contributed by atoms with Gasteiger partial charge >= 0.3 is 0 Å². The van der Waals surface area contributed by atoms with Gasteiger partial charge in [-0.1, -0.05) is 0 Å². The molecule has 0 aromatic carbocycles. The molecule has 0 spiro atoms. The average Bonchev–Trinajstić information content (AvgIpc) is 2.27. The molecule has 2 atom stereocenters. The van der Waals surface area contributed by atoms with Gasteiger partial charge in [0.1, 0.15) is 6.10 Å². The van der Waals surface area contributed by atoms with Gasteiger partial charge in [0.05, 0.1) is 6.04 Å². The summed E-state index contributed by atoms with van der Waals surface area (Å²) < 4.78 is 5.54. The molecule has 62 valence electrons. The van der Waals surface area contributed by atoms with Crippen LogP contribution >= 0.6 is 0 Å². The number of likely N-dealkylation sites (tertiary alicyclic amines) is 1. The van der Waals surface area contributed by atoms with E-state index in [1.165, 1.54) is 0 Å². The summed E-state index contributed by atoms with van der Waals surface area (Å²) in [7, 11) is 2.13. The van der Waals surface area contributed by atoms with E-state index in [2.05, 4.69) is 16.9 Å². The molecule has 0 radical (unpaired) electrons. The number of hydrogen-bond donors (Lipinski definition) is 0. The molecular weight excluding hydrogens is 140 g/mol. The van der Waals surface area contributed by atoms with Gasteiger partial charge in [-0.15, -0.1) is 0 Å². The number of hydrogen-bond acceptors (Lipinski definition) is 3. The molecule has 11 heavy (non-hydrogen) atoms. The lowest BCUT2D eigenvalue weighted by Gasteiger charge is -2.29. The maximum atomic E-state index is 5.54. The number of likely N-dealkylation sites (N-methyl/N-ethyl adjacent to an activating group) is 1. The van der Waals surface area contributed by atoms with Crippen LogP contribution in [0, 0.1) is 0 Å². The smallest absolute Gasteiger partial charge is 0.180 e. The predicted molar refractivity (Wildman–Crippen MR) is 43.9 cm³/mol. The van der Waals surface area contributed by atoms with E-state index < -0.39 is 0 Å². The van der Waals surface area contributed by atoms with E-state index in [1.54, 1.807) is 0 Å². The third-order valence-electron chi connectivity index (χ3n) is 2.40. The van der Waals surface area contributed by atoms with E-state index in [9.17, 15) is 0 Å². The second kappa shape index (κ2) is 2.48. The van der Waals surface area contributed by atoms with Gasteiger partial charge in [-0.25, -0.2) is 4.99 Å². The SMILES string of the molecule is CC1=NC2CCN(C)CC2O1. The number of piperidine rings is 1. The molecule has 0 aromatic rings. The van der Waals surface area contributed by atoms with Crippen LogP contribution in [0.5, 0.6) is 0 Å². The lowest BCUT2D eigenvalue weighted by Crippen LogP contribution is -2.42. The van der Waals surface area contributed by atoms with Crippen LogP contribution in [0.15, 0.2) is 4.99 Å². The Balaban J connectivity index is 2.03. The van der Waals surface area contributed by atoms with Crippen molar-refractivity contribution in [2.75, 3.05) is 20.1 Å². The highest BCUT2D eigenvalue weighted by atomic mass is 16.5. The zero-order valence-electron chi connectivity index (χ0n) is 7.08. The fraction of sp³-hybridized carbons (Fsp3) is 0.875. The molecule has 0 bridgehead atoms. The average molecular weight is 154 g/mol. The Morgan fingerprint density at radius 2 is 2.45 bits per heavy atom. The molecule has 1 saturated heterocycles. The zero-order chi connectivity index (χ0) is 7.84. The highest BCUT2D eigenvalue weighted by Gasteiger charge is 2.33. The summed E-state index contributed by atoms with van der Waals surface area (Å²) in [4.78, 5) is 6.71.